The number of carbonyl (C=O) groups is 1. The van der Waals surface area contributed by atoms with Gasteiger partial charge in [0.25, 0.3) is 5.91 Å². The summed E-state index contributed by atoms with van der Waals surface area (Å²) in [6.45, 7) is 0. The Morgan fingerprint density at radius 2 is 2.36 bits per heavy atom. The van der Waals surface area contributed by atoms with Crippen molar-refractivity contribution in [2.75, 3.05) is 0 Å². The molecule has 1 heterocycles. The number of nitro groups is 1. The molecule has 8 heteroatoms. The van der Waals surface area contributed by atoms with Crippen LogP contribution in [0, 0.1) is 16.2 Å². The zero-order chi connectivity index (χ0) is 9.84. The number of halogens is 1. The number of aromatic nitrogens is 1. The number of nitrogens with two attached hydrogens (primary N) is 1. The standard InChI is InChI=1S/C6H5N4O3.ClH/c7-9-6(11)5-4(10(12)13)2-1-3-8-5;/h1,3H,7H2,(H,9,11);1H. The van der Waals surface area contributed by atoms with E-state index in [-0.39, 0.29) is 18.1 Å². The average Bonchev–Trinajstić information content (AvgIpc) is 2.16. The lowest BCUT2D eigenvalue weighted by Crippen LogP contribution is -2.31. The second-order valence-corrected chi connectivity index (χ2v) is 2.02. The van der Waals surface area contributed by atoms with E-state index in [2.05, 4.69) is 11.1 Å². The molecule has 1 aromatic rings. The van der Waals surface area contributed by atoms with Crippen molar-refractivity contribution in [2.45, 2.75) is 0 Å². The molecular formula is C6H6ClN4O3. The second kappa shape index (κ2) is 5.10. The molecule has 3 N–H and O–H groups in total. The predicted molar refractivity (Wildman–Crippen MR) is 48.6 cm³/mol. The van der Waals surface area contributed by atoms with Crippen LogP contribution < -0.4 is 11.3 Å². The molecule has 0 fully saturated rings. The Morgan fingerprint density at radius 1 is 1.71 bits per heavy atom. The van der Waals surface area contributed by atoms with Gasteiger partial charge in [-0.05, 0) is 6.07 Å². The van der Waals surface area contributed by atoms with Crippen LogP contribution in [-0.2, 0) is 0 Å². The maximum Gasteiger partial charge on any atom is 0.308 e. The highest BCUT2D eigenvalue weighted by Crippen LogP contribution is 2.13. The minimum atomic E-state index is -0.816. The Hall–Kier alpha value is -1.73. The monoisotopic (exact) mass is 217 g/mol. The molecule has 1 aromatic heterocycles. The smallest absolute Gasteiger partial charge is 0.289 e. The van der Waals surface area contributed by atoms with E-state index in [0.717, 1.165) is 0 Å². The van der Waals surface area contributed by atoms with Gasteiger partial charge in [-0.2, -0.15) is 0 Å². The molecule has 0 spiro atoms. The van der Waals surface area contributed by atoms with Crippen molar-refractivity contribution in [3.8, 4) is 0 Å². The number of hydrogen-bond acceptors (Lipinski definition) is 5. The van der Waals surface area contributed by atoms with Crippen LogP contribution in [-0.4, -0.2) is 15.8 Å². The van der Waals surface area contributed by atoms with Gasteiger partial charge in [0.1, 0.15) is 0 Å². The van der Waals surface area contributed by atoms with E-state index >= 15 is 0 Å². The zero-order valence-corrected chi connectivity index (χ0v) is 7.58. The van der Waals surface area contributed by atoms with Crippen LogP contribution in [0.3, 0.4) is 0 Å². The van der Waals surface area contributed by atoms with E-state index in [0.29, 0.717) is 0 Å². The largest absolute Gasteiger partial charge is 0.308 e. The van der Waals surface area contributed by atoms with Crippen LogP contribution in [0.1, 0.15) is 10.5 Å². The lowest BCUT2D eigenvalue weighted by atomic mass is 10.3. The topological polar surface area (TPSA) is 111 Å². The molecule has 7 nitrogen and oxygen atoms in total. The van der Waals surface area contributed by atoms with Gasteiger partial charge in [0, 0.05) is 6.20 Å². The van der Waals surface area contributed by atoms with Crippen molar-refractivity contribution in [1.29, 1.82) is 0 Å². The van der Waals surface area contributed by atoms with Gasteiger partial charge in [-0.25, -0.2) is 10.8 Å². The first-order valence-corrected chi connectivity index (χ1v) is 3.19. The Labute approximate surface area is 84.8 Å². The summed E-state index contributed by atoms with van der Waals surface area (Å²) in [5.74, 6) is 3.98. The Morgan fingerprint density at radius 3 is 2.86 bits per heavy atom. The van der Waals surface area contributed by atoms with Crippen molar-refractivity contribution in [1.82, 2.24) is 10.4 Å². The van der Waals surface area contributed by atoms with E-state index in [9.17, 15) is 14.9 Å². The van der Waals surface area contributed by atoms with Crippen LogP contribution in [0.5, 0.6) is 0 Å². The lowest BCUT2D eigenvalue weighted by Gasteiger charge is -1.97. The van der Waals surface area contributed by atoms with Crippen LogP contribution in [0.2, 0.25) is 0 Å². The van der Waals surface area contributed by atoms with Gasteiger partial charge in [-0.15, -0.1) is 12.4 Å². The highest BCUT2D eigenvalue weighted by molar-refractivity contribution is 5.95. The highest BCUT2D eigenvalue weighted by Gasteiger charge is 2.20. The summed E-state index contributed by atoms with van der Waals surface area (Å²) in [7, 11) is 0. The molecule has 14 heavy (non-hydrogen) atoms. The summed E-state index contributed by atoms with van der Waals surface area (Å²) in [5, 5.41) is 10.4. The minimum Gasteiger partial charge on any atom is -0.289 e. The van der Waals surface area contributed by atoms with Gasteiger partial charge >= 0.3 is 5.69 Å². The van der Waals surface area contributed by atoms with Crippen molar-refractivity contribution >= 4 is 24.0 Å². The van der Waals surface area contributed by atoms with E-state index < -0.39 is 16.5 Å². The van der Waals surface area contributed by atoms with Gasteiger partial charge in [0.2, 0.25) is 5.69 Å². The van der Waals surface area contributed by atoms with Gasteiger partial charge in [-0.1, -0.05) is 0 Å². The quantitative estimate of drug-likeness (QED) is 0.309. The number of nitrogen functional groups attached to an aromatic ring is 1. The SMILES string of the molecule is Cl.NNC(=O)c1ncc[c]c1[N+](=O)[O-]. The Kier molecular flexibility index (Phi) is 4.47. The Balaban J connectivity index is 0.00000169. The summed E-state index contributed by atoms with van der Waals surface area (Å²) in [4.78, 5) is 24.0. The molecule has 0 aromatic carbocycles. The number of rotatable bonds is 2. The summed E-state index contributed by atoms with van der Waals surface area (Å²) >= 11 is 0. The molecular weight excluding hydrogens is 212 g/mol. The molecule has 1 rings (SSSR count). The molecule has 0 bridgehead atoms. The third-order valence-electron chi connectivity index (χ3n) is 1.25. The van der Waals surface area contributed by atoms with Crippen molar-refractivity contribution in [2.24, 2.45) is 5.84 Å². The molecule has 75 valence electrons. The lowest BCUT2D eigenvalue weighted by molar-refractivity contribution is -0.385. The van der Waals surface area contributed by atoms with E-state index in [1.165, 1.54) is 12.3 Å². The molecule has 1 radical (unpaired) electrons. The summed E-state index contributed by atoms with van der Waals surface area (Å²) in [6, 6.07) is 3.52. The van der Waals surface area contributed by atoms with E-state index in [1.807, 2.05) is 0 Å². The molecule has 0 aliphatic heterocycles. The third kappa shape index (κ3) is 2.38. The van der Waals surface area contributed by atoms with Crippen LogP contribution in [0.15, 0.2) is 12.3 Å². The summed E-state index contributed by atoms with van der Waals surface area (Å²) in [5.41, 5.74) is 0.904. The molecule has 0 saturated carbocycles. The second-order valence-electron chi connectivity index (χ2n) is 2.02. The van der Waals surface area contributed by atoms with Gasteiger partial charge in [0.15, 0.2) is 0 Å². The highest BCUT2D eigenvalue weighted by atomic mass is 35.5. The molecule has 0 saturated heterocycles. The molecule has 0 aliphatic rings. The first kappa shape index (κ1) is 12.3. The van der Waals surface area contributed by atoms with Gasteiger partial charge < -0.3 is 0 Å². The molecule has 0 atom stereocenters. The zero-order valence-electron chi connectivity index (χ0n) is 6.76. The first-order valence-electron chi connectivity index (χ1n) is 3.19. The average molecular weight is 218 g/mol. The van der Waals surface area contributed by atoms with Gasteiger partial charge in [0.05, 0.1) is 11.0 Å². The number of amides is 1. The fourth-order valence-electron chi connectivity index (χ4n) is 0.731. The number of nitrogens with one attached hydrogen (secondary N) is 1. The molecule has 0 aliphatic carbocycles. The first-order chi connectivity index (χ1) is 6.16. The third-order valence-corrected chi connectivity index (χ3v) is 1.25. The number of hydrazine groups is 1. The summed E-state index contributed by atoms with van der Waals surface area (Å²) in [6.07, 6.45) is 1.22. The minimum absolute atomic E-state index is 0. The van der Waals surface area contributed by atoms with Crippen LogP contribution in [0.4, 0.5) is 5.69 Å². The maximum absolute atomic E-state index is 10.9. The van der Waals surface area contributed by atoms with Crippen LogP contribution in [0.25, 0.3) is 0 Å². The fraction of sp³-hybridized carbons (Fsp3) is 0. The van der Waals surface area contributed by atoms with Crippen molar-refractivity contribution in [3.63, 3.8) is 0 Å². The van der Waals surface area contributed by atoms with Crippen molar-refractivity contribution in [3.05, 3.63) is 34.1 Å². The number of carbonyl (C=O) groups excluding carboxylic acids is 1. The van der Waals surface area contributed by atoms with Gasteiger partial charge in [-0.3, -0.25) is 20.3 Å². The molecule has 1 amide bonds. The number of nitrogens with zero attached hydrogens (tertiary/aromatic N) is 2. The van der Waals surface area contributed by atoms with Crippen LogP contribution >= 0.6 is 12.4 Å². The normalized spacial score (nSPS) is 8.64. The number of hydrogen-bond donors (Lipinski definition) is 2. The molecule has 0 unspecified atom stereocenters. The van der Waals surface area contributed by atoms with Crippen molar-refractivity contribution < 1.29 is 9.72 Å². The van der Waals surface area contributed by atoms with E-state index in [4.69, 9.17) is 5.84 Å². The fourth-order valence-corrected chi connectivity index (χ4v) is 0.731. The Bertz CT molecular complexity index is 357. The predicted octanol–water partition coefficient (Wildman–Crippen LogP) is -0.185. The summed E-state index contributed by atoms with van der Waals surface area (Å²) < 4.78 is 0. The maximum atomic E-state index is 10.9. The number of pyridine rings is 1. The van der Waals surface area contributed by atoms with E-state index in [1.54, 1.807) is 5.43 Å².